The number of rotatable bonds is 5. The van der Waals surface area contributed by atoms with E-state index in [-0.39, 0.29) is 24.9 Å². The van der Waals surface area contributed by atoms with Gasteiger partial charge in [0.05, 0.1) is 12.3 Å². The molecule has 20 heavy (non-hydrogen) atoms. The maximum atomic E-state index is 11.9. The summed E-state index contributed by atoms with van der Waals surface area (Å²) in [5.74, 6) is -0.964. The van der Waals surface area contributed by atoms with Gasteiger partial charge >= 0.3 is 12.0 Å². The smallest absolute Gasteiger partial charge is 0.317 e. The van der Waals surface area contributed by atoms with Gasteiger partial charge in [0.1, 0.15) is 9.84 Å². The average Bonchev–Trinajstić information content (AvgIpc) is 2.52. The molecule has 0 aromatic rings. The third-order valence-corrected chi connectivity index (χ3v) is 3.93. The molecule has 0 aromatic heterocycles. The quantitative estimate of drug-likeness (QED) is 0.663. The van der Waals surface area contributed by atoms with Crippen molar-refractivity contribution in [1.29, 1.82) is 0 Å². The zero-order chi connectivity index (χ0) is 15.2. The van der Waals surface area contributed by atoms with E-state index in [2.05, 4.69) is 5.32 Å². The Labute approximate surface area is 118 Å². The van der Waals surface area contributed by atoms with E-state index in [1.165, 1.54) is 0 Å². The lowest BCUT2D eigenvalue weighted by Gasteiger charge is -2.21. The molecule has 0 unspecified atom stereocenters. The van der Waals surface area contributed by atoms with Crippen molar-refractivity contribution in [3.05, 3.63) is 0 Å². The molecule has 0 saturated carbocycles. The highest BCUT2D eigenvalue weighted by Crippen LogP contribution is 2.03. The Morgan fingerprint density at radius 2 is 1.90 bits per heavy atom. The van der Waals surface area contributed by atoms with Gasteiger partial charge in [-0.3, -0.25) is 9.69 Å². The summed E-state index contributed by atoms with van der Waals surface area (Å²) in [5.41, 5.74) is 0. The van der Waals surface area contributed by atoms with Crippen LogP contribution < -0.4 is 5.32 Å². The number of hydrogen-bond donors (Lipinski definition) is 2. The van der Waals surface area contributed by atoms with Crippen molar-refractivity contribution >= 4 is 21.8 Å². The van der Waals surface area contributed by atoms with Crippen LogP contribution in [0.4, 0.5) is 4.79 Å². The van der Waals surface area contributed by atoms with Crippen molar-refractivity contribution in [2.75, 3.05) is 51.3 Å². The molecule has 2 amide bonds. The molecule has 9 heteroatoms. The van der Waals surface area contributed by atoms with E-state index < -0.39 is 15.8 Å². The van der Waals surface area contributed by atoms with E-state index in [9.17, 15) is 18.0 Å². The molecule has 0 atom stereocenters. The molecule has 2 N–H and O–H groups in total. The molecule has 0 aliphatic carbocycles. The molecule has 0 radical (unpaired) electrons. The van der Waals surface area contributed by atoms with Crippen LogP contribution in [-0.2, 0) is 14.6 Å². The number of nitrogens with one attached hydrogen (secondary N) is 1. The van der Waals surface area contributed by atoms with Gasteiger partial charge in [0.25, 0.3) is 0 Å². The minimum Gasteiger partial charge on any atom is -0.480 e. The topological polar surface area (TPSA) is 107 Å². The zero-order valence-corrected chi connectivity index (χ0v) is 12.4. The van der Waals surface area contributed by atoms with Crippen molar-refractivity contribution in [2.24, 2.45) is 0 Å². The van der Waals surface area contributed by atoms with Gasteiger partial charge < -0.3 is 15.3 Å². The fourth-order valence-electron chi connectivity index (χ4n) is 1.98. The number of carbonyl (C=O) groups excluding carboxylic acids is 1. The standard InChI is InChI=1S/C11H21N3O5S/c1-20(18,19)8-3-12-11(17)14-5-2-4-13(6-7-14)9-10(15)16/h2-9H2,1H3,(H,12,17)(H,15,16). The fraction of sp³-hybridized carbons (Fsp3) is 0.818. The number of urea groups is 1. The summed E-state index contributed by atoms with van der Waals surface area (Å²) >= 11 is 0. The molecule has 116 valence electrons. The van der Waals surface area contributed by atoms with Crippen LogP contribution in [0.3, 0.4) is 0 Å². The molecule has 1 heterocycles. The minimum absolute atomic E-state index is 0.0243. The Morgan fingerprint density at radius 1 is 1.20 bits per heavy atom. The van der Waals surface area contributed by atoms with Gasteiger partial charge in [0.2, 0.25) is 0 Å². The number of carboxylic acids is 1. The molecule has 0 spiro atoms. The Hall–Kier alpha value is -1.35. The highest BCUT2D eigenvalue weighted by Gasteiger charge is 2.20. The van der Waals surface area contributed by atoms with E-state index in [0.717, 1.165) is 6.26 Å². The Kier molecular flexibility index (Phi) is 6.21. The maximum Gasteiger partial charge on any atom is 0.317 e. The highest BCUT2D eigenvalue weighted by atomic mass is 32.2. The average molecular weight is 307 g/mol. The zero-order valence-electron chi connectivity index (χ0n) is 11.5. The normalized spacial score (nSPS) is 17.6. The first-order valence-electron chi connectivity index (χ1n) is 6.42. The van der Waals surface area contributed by atoms with Crippen LogP contribution in [-0.4, -0.2) is 86.6 Å². The Bertz CT molecular complexity index is 451. The number of amides is 2. The highest BCUT2D eigenvalue weighted by molar-refractivity contribution is 7.90. The van der Waals surface area contributed by atoms with Gasteiger partial charge in [0.15, 0.2) is 0 Å². The summed E-state index contributed by atoms with van der Waals surface area (Å²) in [6.07, 6.45) is 1.82. The second kappa shape index (κ2) is 7.44. The second-order valence-corrected chi connectivity index (χ2v) is 7.13. The molecule has 0 bridgehead atoms. The number of nitrogens with zero attached hydrogens (tertiary/aromatic N) is 2. The predicted octanol–water partition coefficient (Wildman–Crippen LogP) is -1.17. The monoisotopic (exact) mass is 307 g/mol. The summed E-state index contributed by atoms with van der Waals surface area (Å²) in [4.78, 5) is 25.9. The van der Waals surface area contributed by atoms with Gasteiger partial charge in [-0.15, -0.1) is 0 Å². The van der Waals surface area contributed by atoms with E-state index in [1.54, 1.807) is 9.80 Å². The maximum absolute atomic E-state index is 11.9. The summed E-state index contributed by atoms with van der Waals surface area (Å²) in [6, 6.07) is -0.300. The van der Waals surface area contributed by atoms with Crippen LogP contribution in [0.2, 0.25) is 0 Å². The van der Waals surface area contributed by atoms with E-state index in [1.807, 2.05) is 0 Å². The molecule has 8 nitrogen and oxygen atoms in total. The third kappa shape index (κ3) is 6.71. The van der Waals surface area contributed by atoms with Crippen LogP contribution in [0, 0.1) is 0 Å². The molecule has 1 aliphatic heterocycles. The summed E-state index contributed by atoms with van der Waals surface area (Å²) in [7, 11) is -3.09. The van der Waals surface area contributed by atoms with Gasteiger partial charge in [-0.1, -0.05) is 0 Å². The number of hydrogen-bond acceptors (Lipinski definition) is 5. The number of carbonyl (C=O) groups is 2. The lowest BCUT2D eigenvalue weighted by atomic mass is 10.4. The molecule has 0 aromatic carbocycles. The minimum atomic E-state index is -3.09. The number of aliphatic carboxylic acids is 1. The van der Waals surface area contributed by atoms with E-state index in [0.29, 0.717) is 32.6 Å². The first kappa shape index (κ1) is 16.7. The molecular formula is C11H21N3O5S. The molecule has 1 rings (SSSR count). The van der Waals surface area contributed by atoms with Crippen molar-refractivity contribution in [2.45, 2.75) is 6.42 Å². The van der Waals surface area contributed by atoms with Crippen LogP contribution >= 0.6 is 0 Å². The van der Waals surface area contributed by atoms with E-state index in [4.69, 9.17) is 5.11 Å². The number of sulfone groups is 1. The largest absolute Gasteiger partial charge is 0.480 e. The van der Waals surface area contributed by atoms with E-state index >= 15 is 0 Å². The predicted molar refractivity (Wildman–Crippen MR) is 73.4 cm³/mol. The van der Waals surface area contributed by atoms with Gasteiger partial charge in [-0.2, -0.15) is 0 Å². The molecule has 1 fully saturated rings. The van der Waals surface area contributed by atoms with Gasteiger partial charge in [-0.25, -0.2) is 13.2 Å². The third-order valence-electron chi connectivity index (χ3n) is 2.98. The SMILES string of the molecule is CS(=O)(=O)CCNC(=O)N1CCCN(CC(=O)O)CC1. The summed E-state index contributed by atoms with van der Waals surface area (Å²) < 4.78 is 21.9. The molecule has 1 aliphatic rings. The molecule has 1 saturated heterocycles. The molecular weight excluding hydrogens is 286 g/mol. The van der Waals surface area contributed by atoms with Crippen LogP contribution in [0.1, 0.15) is 6.42 Å². The van der Waals surface area contributed by atoms with Crippen LogP contribution in [0.15, 0.2) is 0 Å². The second-order valence-electron chi connectivity index (χ2n) is 4.87. The summed E-state index contributed by atoms with van der Waals surface area (Å²) in [6.45, 7) is 2.20. The van der Waals surface area contributed by atoms with Crippen molar-refractivity contribution in [1.82, 2.24) is 15.1 Å². The van der Waals surface area contributed by atoms with Crippen molar-refractivity contribution in [3.8, 4) is 0 Å². The summed E-state index contributed by atoms with van der Waals surface area (Å²) in [5, 5.41) is 11.3. The Morgan fingerprint density at radius 3 is 2.50 bits per heavy atom. The van der Waals surface area contributed by atoms with Crippen molar-refractivity contribution < 1.29 is 23.1 Å². The van der Waals surface area contributed by atoms with Crippen LogP contribution in [0.5, 0.6) is 0 Å². The first-order chi connectivity index (χ1) is 9.28. The van der Waals surface area contributed by atoms with Gasteiger partial charge in [0, 0.05) is 39.0 Å². The van der Waals surface area contributed by atoms with Gasteiger partial charge in [-0.05, 0) is 6.42 Å². The lowest BCUT2D eigenvalue weighted by Crippen LogP contribution is -2.43. The lowest BCUT2D eigenvalue weighted by molar-refractivity contribution is -0.138. The Balaban J connectivity index is 2.36. The van der Waals surface area contributed by atoms with Crippen LogP contribution in [0.25, 0.3) is 0 Å². The van der Waals surface area contributed by atoms with Crippen molar-refractivity contribution in [3.63, 3.8) is 0 Å². The number of carboxylic acid groups (broad SMARTS) is 1. The first-order valence-corrected chi connectivity index (χ1v) is 8.48. The fourth-order valence-corrected chi connectivity index (χ4v) is 2.45.